The summed E-state index contributed by atoms with van der Waals surface area (Å²) in [5.41, 5.74) is 4.22. The van der Waals surface area contributed by atoms with E-state index in [0.717, 1.165) is 28.0 Å². The lowest BCUT2D eigenvalue weighted by Crippen LogP contribution is -2.19. The highest BCUT2D eigenvalue weighted by molar-refractivity contribution is 5.41. The average Bonchev–Trinajstić information content (AvgIpc) is 2.48. The quantitative estimate of drug-likeness (QED) is 0.934. The number of fused-ring (bicyclic) bond motifs is 1. The molecule has 2 aromatic carbocycles. The van der Waals surface area contributed by atoms with Gasteiger partial charge in [0.2, 0.25) is 0 Å². The predicted molar refractivity (Wildman–Crippen MR) is 81.3 cm³/mol. The van der Waals surface area contributed by atoms with Gasteiger partial charge in [-0.05, 0) is 36.2 Å². The second kappa shape index (κ2) is 5.88. The third-order valence-electron chi connectivity index (χ3n) is 3.86. The molecule has 2 atom stereocenters. The number of aryl methyl sites for hydroxylation is 1. The fraction of sp³-hybridized carbons (Fsp3) is 0.333. The fourth-order valence-corrected chi connectivity index (χ4v) is 2.82. The molecule has 0 saturated heterocycles. The van der Waals surface area contributed by atoms with Crippen molar-refractivity contribution < 1.29 is 14.6 Å². The maximum absolute atomic E-state index is 10.4. The Morgan fingerprint density at radius 2 is 2.10 bits per heavy atom. The highest BCUT2D eigenvalue weighted by Gasteiger charge is 2.28. The van der Waals surface area contributed by atoms with Crippen LogP contribution >= 0.6 is 0 Å². The van der Waals surface area contributed by atoms with E-state index in [-0.39, 0.29) is 6.10 Å². The standard InChI is InChI=1S/C18H20O3/c1-12-6-7-17-15(8-12)16(19)10-18(21-17)14-5-3-4-13(9-14)11-20-2/h3-9,16,18-19H,10-11H2,1-2H3/t16-,18?/m1/s1. The minimum absolute atomic E-state index is 0.119. The van der Waals surface area contributed by atoms with E-state index in [1.807, 2.05) is 43.3 Å². The number of ether oxygens (including phenoxy) is 2. The Bertz CT molecular complexity index is 636. The molecule has 1 aliphatic heterocycles. The first-order valence-corrected chi connectivity index (χ1v) is 7.20. The van der Waals surface area contributed by atoms with Crippen molar-refractivity contribution in [1.82, 2.24) is 0 Å². The fourth-order valence-electron chi connectivity index (χ4n) is 2.82. The zero-order chi connectivity index (χ0) is 14.8. The molecule has 3 heteroatoms. The van der Waals surface area contributed by atoms with Crippen LogP contribution in [0.2, 0.25) is 0 Å². The Kier molecular flexibility index (Phi) is 3.95. The molecule has 0 spiro atoms. The number of rotatable bonds is 3. The van der Waals surface area contributed by atoms with Gasteiger partial charge in [-0.1, -0.05) is 29.8 Å². The molecule has 0 radical (unpaired) electrons. The number of methoxy groups -OCH3 is 1. The van der Waals surface area contributed by atoms with Crippen LogP contribution in [0, 0.1) is 6.92 Å². The Morgan fingerprint density at radius 3 is 2.90 bits per heavy atom. The molecule has 21 heavy (non-hydrogen) atoms. The predicted octanol–water partition coefficient (Wildman–Crippen LogP) is 3.70. The van der Waals surface area contributed by atoms with E-state index in [4.69, 9.17) is 9.47 Å². The van der Waals surface area contributed by atoms with E-state index in [1.165, 1.54) is 0 Å². The van der Waals surface area contributed by atoms with Crippen molar-refractivity contribution >= 4 is 0 Å². The molecule has 0 amide bonds. The van der Waals surface area contributed by atoms with E-state index in [0.29, 0.717) is 13.0 Å². The largest absolute Gasteiger partial charge is 0.485 e. The molecule has 110 valence electrons. The Morgan fingerprint density at radius 1 is 1.24 bits per heavy atom. The molecule has 0 aromatic heterocycles. The van der Waals surface area contributed by atoms with Crippen molar-refractivity contribution in [3.63, 3.8) is 0 Å². The molecule has 1 unspecified atom stereocenters. The molecule has 3 rings (SSSR count). The first kappa shape index (κ1) is 14.1. The summed E-state index contributed by atoms with van der Waals surface area (Å²) >= 11 is 0. The normalized spacial score (nSPS) is 20.7. The molecule has 3 nitrogen and oxygen atoms in total. The third-order valence-corrected chi connectivity index (χ3v) is 3.86. The van der Waals surface area contributed by atoms with Gasteiger partial charge in [0.25, 0.3) is 0 Å². The van der Waals surface area contributed by atoms with Gasteiger partial charge in [-0.15, -0.1) is 0 Å². The van der Waals surface area contributed by atoms with Crippen LogP contribution in [-0.2, 0) is 11.3 Å². The molecule has 0 bridgehead atoms. The van der Waals surface area contributed by atoms with Gasteiger partial charge in [0.05, 0.1) is 12.7 Å². The number of hydrogen-bond acceptors (Lipinski definition) is 3. The van der Waals surface area contributed by atoms with Gasteiger partial charge in [-0.2, -0.15) is 0 Å². The molecular formula is C18H20O3. The smallest absolute Gasteiger partial charge is 0.127 e. The minimum Gasteiger partial charge on any atom is -0.485 e. The SMILES string of the molecule is COCc1cccc(C2C[C@@H](O)c3cc(C)ccc3O2)c1. The molecular weight excluding hydrogens is 264 g/mol. The third kappa shape index (κ3) is 2.94. The molecule has 0 saturated carbocycles. The zero-order valence-corrected chi connectivity index (χ0v) is 12.4. The number of aliphatic hydroxyl groups is 1. The van der Waals surface area contributed by atoms with Crippen molar-refractivity contribution in [2.24, 2.45) is 0 Å². The maximum Gasteiger partial charge on any atom is 0.127 e. The van der Waals surface area contributed by atoms with Crippen molar-refractivity contribution in [2.45, 2.75) is 32.2 Å². The van der Waals surface area contributed by atoms with Gasteiger partial charge < -0.3 is 14.6 Å². The summed E-state index contributed by atoms with van der Waals surface area (Å²) in [7, 11) is 1.69. The molecule has 0 aliphatic carbocycles. The topological polar surface area (TPSA) is 38.7 Å². The van der Waals surface area contributed by atoms with Crippen LogP contribution in [0.1, 0.15) is 40.9 Å². The van der Waals surface area contributed by atoms with Crippen LogP contribution in [0.25, 0.3) is 0 Å². The van der Waals surface area contributed by atoms with Gasteiger partial charge in [0, 0.05) is 19.1 Å². The molecule has 1 heterocycles. The van der Waals surface area contributed by atoms with Crippen LogP contribution in [0.4, 0.5) is 0 Å². The van der Waals surface area contributed by atoms with Crippen molar-refractivity contribution in [3.05, 3.63) is 64.7 Å². The van der Waals surface area contributed by atoms with Gasteiger partial charge in [-0.25, -0.2) is 0 Å². The number of benzene rings is 2. The lowest BCUT2D eigenvalue weighted by molar-refractivity contribution is 0.0655. The highest BCUT2D eigenvalue weighted by Crippen LogP contribution is 2.41. The summed E-state index contributed by atoms with van der Waals surface area (Å²) in [4.78, 5) is 0. The van der Waals surface area contributed by atoms with Gasteiger partial charge in [0.15, 0.2) is 0 Å². The Hall–Kier alpha value is -1.84. The Labute approximate surface area is 125 Å². The van der Waals surface area contributed by atoms with Crippen LogP contribution in [0.3, 0.4) is 0 Å². The van der Waals surface area contributed by atoms with Crippen molar-refractivity contribution in [3.8, 4) is 5.75 Å². The van der Waals surface area contributed by atoms with E-state index in [2.05, 4.69) is 6.07 Å². The monoisotopic (exact) mass is 284 g/mol. The number of hydrogen-bond donors (Lipinski definition) is 1. The highest BCUT2D eigenvalue weighted by atomic mass is 16.5. The summed E-state index contributed by atoms with van der Waals surface area (Å²) in [6.07, 6.45) is -0.0240. The molecule has 0 fully saturated rings. The van der Waals surface area contributed by atoms with E-state index < -0.39 is 6.10 Å². The van der Waals surface area contributed by atoms with Crippen LogP contribution < -0.4 is 4.74 Å². The zero-order valence-electron chi connectivity index (χ0n) is 12.4. The summed E-state index contributed by atoms with van der Waals surface area (Å²) in [6.45, 7) is 2.60. The van der Waals surface area contributed by atoms with Crippen LogP contribution in [-0.4, -0.2) is 12.2 Å². The summed E-state index contributed by atoms with van der Waals surface area (Å²) < 4.78 is 11.2. The van der Waals surface area contributed by atoms with Crippen molar-refractivity contribution in [2.75, 3.05) is 7.11 Å². The van der Waals surface area contributed by atoms with Gasteiger partial charge in [0.1, 0.15) is 11.9 Å². The molecule has 1 N–H and O–H groups in total. The van der Waals surface area contributed by atoms with E-state index >= 15 is 0 Å². The average molecular weight is 284 g/mol. The molecule has 1 aliphatic rings. The maximum atomic E-state index is 10.4. The van der Waals surface area contributed by atoms with E-state index in [1.54, 1.807) is 7.11 Å². The minimum atomic E-state index is -0.482. The second-order valence-corrected chi connectivity index (χ2v) is 5.58. The summed E-state index contributed by atoms with van der Waals surface area (Å²) in [6, 6.07) is 14.1. The lowest BCUT2D eigenvalue weighted by atomic mass is 9.93. The Balaban J connectivity index is 1.88. The summed E-state index contributed by atoms with van der Waals surface area (Å²) in [5.74, 6) is 0.779. The number of aliphatic hydroxyl groups excluding tert-OH is 1. The lowest BCUT2D eigenvalue weighted by Gasteiger charge is -2.30. The second-order valence-electron chi connectivity index (χ2n) is 5.58. The van der Waals surface area contributed by atoms with Crippen LogP contribution in [0.5, 0.6) is 5.75 Å². The van der Waals surface area contributed by atoms with E-state index in [9.17, 15) is 5.11 Å². The van der Waals surface area contributed by atoms with Gasteiger partial charge >= 0.3 is 0 Å². The van der Waals surface area contributed by atoms with Crippen LogP contribution in [0.15, 0.2) is 42.5 Å². The van der Waals surface area contributed by atoms with Crippen molar-refractivity contribution in [1.29, 1.82) is 0 Å². The summed E-state index contributed by atoms with van der Waals surface area (Å²) in [5, 5.41) is 10.4. The molecule has 2 aromatic rings. The van der Waals surface area contributed by atoms with Gasteiger partial charge in [-0.3, -0.25) is 0 Å². The first-order chi connectivity index (χ1) is 10.2. The first-order valence-electron chi connectivity index (χ1n) is 7.20.